The van der Waals surface area contributed by atoms with E-state index in [2.05, 4.69) is 15.4 Å². The number of nitrogens with zero attached hydrogens (tertiary/aromatic N) is 2. The van der Waals surface area contributed by atoms with Crippen LogP contribution in [0.15, 0.2) is 90.1 Å². The molecule has 0 unspecified atom stereocenters. The maximum absolute atomic E-state index is 14.0. The number of fused-ring (bicyclic) bond motifs is 3. The second-order valence-electron chi connectivity index (χ2n) is 12.9. The molecule has 2 bridgehead atoms. The Bertz CT molecular complexity index is 1780. The average Bonchev–Trinajstić information content (AvgIpc) is 3.19. The number of hydrogen-bond donors (Lipinski definition) is 1. The number of piperidine rings is 3. The number of carbonyl (C=O) groups is 1. The van der Waals surface area contributed by atoms with E-state index >= 15 is 0 Å². The molecule has 0 saturated carbocycles. The summed E-state index contributed by atoms with van der Waals surface area (Å²) in [7, 11) is 4.86. The summed E-state index contributed by atoms with van der Waals surface area (Å²) >= 11 is 7.15. The molecular formula is C40H44ClN3O7. The van der Waals surface area contributed by atoms with Crippen molar-refractivity contribution in [3.8, 4) is 28.7 Å². The summed E-state index contributed by atoms with van der Waals surface area (Å²) in [6.45, 7) is 4.31. The SMILES string of the molecule is COc1ccc(CO/N=C(/C(=O)NCC23CCN(CC2)CC3)c2ccc(OCc3ccc(OC)cc3)c(OCc3ccc(OC)cc3)c2Cl)cc1. The lowest BCUT2D eigenvalue weighted by Crippen LogP contribution is -2.53. The van der Waals surface area contributed by atoms with Gasteiger partial charge in [-0.15, -0.1) is 0 Å². The van der Waals surface area contributed by atoms with Gasteiger partial charge in [-0.05, 0) is 110 Å². The van der Waals surface area contributed by atoms with E-state index in [1.807, 2.05) is 72.8 Å². The number of carbonyl (C=O) groups excluding carboxylic acids is 1. The molecule has 0 atom stereocenters. The standard InChI is InChI=1S/C40H44ClN3O7/c1-46-31-10-4-28(5-11-31)24-49-35-17-16-34(36(41)38(35)50-25-29-6-12-32(47-2)13-7-29)37(43-51-26-30-8-14-33(48-3)15-9-30)39(45)42-27-40-18-21-44(22-19-40)23-20-40/h4-17H,18-27H2,1-3H3,(H,42,45)/b43-37+. The summed E-state index contributed by atoms with van der Waals surface area (Å²) in [5.41, 5.74) is 3.18. The minimum atomic E-state index is -0.373. The van der Waals surface area contributed by atoms with Crippen LogP contribution in [-0.2, 0) is 29.5 Å². The molecule has 1 amide bonds. The van der Waals surface area contributed by atoms with E-state index in [4.69, 9.17) is 40.1 Å². The molecule has 3 saturated heterocycles. The molecule has 0 spiro atoms. The molecule has 1 N–H and O–H groups in total. The minimum Gasteiger partial charge on any atom is -0.497 e. The lowest BCUT2D eigenvalue weighted by Gasteiger charge is -2.48. The third-order valence-electron chi connectivity index (χ3n) is 9.67. The molecule has 268 valence electrons. The molecule has 3 aliphatic heterocycles. The molecule has 51 heavy (non-hydrogen) atoms. The number of amides is 1. The van der Waals surface area contributed by atoms with E-state index in [0.717, 1.165) is 72.8 Å². The predicted molar refractivity (Wildman–Crippen MR) is 196 cm³/mol. The Morgan fingerprint density at radius 2 is 1.20 bits per heavy atom. The van der Waals surface area contributed by atoms with E-state index in [9.17, 15) is 4.79 Å². The molecule has 3 aliphatic rings. The van der Waals surface area contributed by atoms with Crippen molar-refractivity contribution in [2.75, 3.05) is 47.5 Å². The highest BCUT2D eigenvalue weighted by Gasteiger charge is 2.39. The van der Waals surface area contributed by atoms with Crippen molar-refractivity contribution in [3.63, 3.8) is 0 Å². The Morgan fingerprint density at radius 1 is 0.706 bits per heavy atom. The Morgan fingerprint density at radius 3 is 1.71 bits per heavy atom. The molecule has 11 heteroatoms. The first-order chi connectivity index (χ1) is 24.9. The first kappa shape index (κ1) is 35.9. The van der Waals surface area contributed by atoms with Gasteiger partial charge in [0.15, 0.2) is 17.2 Å². The van der Waals surface area contributed by atoms with Gasteiger partial charge in [0.2, 0.25) is 0 Å². The van der Waals surface area contributed by atoms with Gasteiger partial charge in [0, 0.05) is 12.1 Å². The van der Waals surface area contributed by atoms with Crippen molar-refractivity contribution >= 4 is 23.2 Å². The van der Waals surface area contributed by atoms with Crippen LogP contribution in [0.25, 0.3) is 0 Å². The summed E-state index contributed by atoms with van der Waals surface area (Å²) in [4.78, 5) is 22.3. The number of methoxy groups -OCH3 is 3. The van der Waals surface area contributed by atoms with Crippen LogP contribution in [0.4, 0.5) is 0 Å². The van der Waals surface area contributed by atoms with Crippen molar-refractivity contribution in [3.05, 3.63) is 112 Å². The average molecular weight is 714 g/mol. The highest BCUT2D eigenvalue weighted by Crippen LogP contribution is 2.41. The number of nitrogens with one attached hydrogen (secondary N) is 1. The molecule has 4 aromatic rings. The molecular weight excluding hydrogens is 670 g/mol. The van der Waals surface area contributed by atoms with E-state index in [-0.39, 0.29) is 47.6 Å². The first-order valence-corrected chi connectivity index (χ1v) is 17.4. The molecule has 3 heterocycles. The topological polar surface area (TPSA) is 100 Å². The second-order valence-corrected chi connectivity index (χ2v) is 13.2. The van der Waals surface area contributed by atoms with Gasteiger partial charge < -0.3 is 38.7 Å². The fourth-order valence-electron chi connectivity index (χ4n) is 6.35. The first-order valence-electron chi connectivity index (χ1n) is 17.1. The maximum atomic E-state index is 14.0. The number of oxime groups is 1. The van der Waals surface area contributed by atoms with E-state index in [1.165, 1.54) is 0 Å². The van der Waals surface area contributed by atoms with Crippen molar-refractivity contribution in [2.45, 2.75) is 39.1 Å². The molecule has 10 nitrogen and oxygen atoms in total. The second kappa shape index (κ2) is 16.9. The lowest BCUT2D eigenvalue weighted by molar-refractivity contribution is -0.116. The molecule has 0 aliphatic carbocycles. The fraction of sp³-hybridized carbons (Fsp3) is 0.350. The maximum Gasteiger partial charge on any atom is 0.274 e. The van der Waals surface area contributed by atoms with Crippen LogP contribution in [-0.4, -0.2) is 64.0 Å². The monoisotopic (exact) mass is 713 g/mol. The zero-order valence-electron chi connectivity index (χ0n) is 29.3. The summed E-state index contributed by atoms with van der Waals surface area (Å²) < 4.78 is 28.5. The van der Waals surface area contributed by atoms with Crippen LogP contribution in [0.5, 0.6) is 28.7 Å². The number of rotatable bonds is 16. The van der Waals surface area contributed by atoms with E-state index < -0.39 is 0 Å². The van der Waals surface area contributed by atoms with Crippen LogP contribution in [0, 0.1) is 5.41 Å². The van der Waals surface area contributed by atoms with Crippen LogP contribution >= 0.6 is 11.6 Å². The quantitative estimate of drug-likeness (QED) is 0.0975. The Labute approximate surface area is 304 Å². The minimum absolute atomic E-state index is 0.0501. The van der Waals surface area contributed by atoms with Gasteiger partial charge in [-0.2, -0.15) is 0 Å². The largest absolute Gasteiger partial charge is 0.497 e. The Hall–Kier alpha value is -4.93. The normalized spacial score (nSPS) is 18.1. The molecule has 0 radical (unpaired) electrons. The summed E-state index contributed by atoms with van der Waals surface area (Å²) in [5.74, 6) is 2.55. The number of halogens is 1. The van der Waals surface area contributed by atoms with Crippen molar-refractivity contribution < 1.29 is 33.3 Å². The smallest absolute Gasteiger partial charge is 0.274 e. The molecule has 4 aromatic carbocycles. The highest BCUT2D eigenvalue weighted by atomic mass is 35.5. The van der Waals surface area contributed by atoms with Crippen molar-refractivity contribution in [1.29, 1.82) is 0 Å². The van der Waals surface area contributed by atoms with Gasteiger partial charge in [-0.25, -0.2) is 0 Å². The number of benzene rings is 4. The molecule has 3 fully saturated rings. The molecule has 0 aromatic heterocycles. The number of hydrogen-bond acceptors (Lipinski definition) is 9. The Balaban J connectivity index is 1.29. The predicted octanol–water partition coefficient (Wildman–Crippen LogP) is 7.05. The van der Waals surface area contributed by atoms with Crippen molar-refractivity contribution in [2.24, 2.45) is 10.6 Å². The van der Waals surface area contributed by atoms with Gasteiger partial charge in [0.05, 0.1) is 26.4 Å². The summed E-state index contributed by atoms with van der Waals surface area (Å²) in [5, 5.41) is 7.75. The van der Waals surface area contributed by atoms with Crippen LogP contribution in [0.2, 0.25) is 5.02 Å². The fourth-order valence-corrected chi connectivity index (χ4v) is 6.65. The lowest BCUT2D eigenvalue weighted by atomic mass is 9.72. The highest BCUT2D eigenvalue weighted by molar-refractivity contribution is 6.49. The number of ether oxygens (including phenoxy) is 5. The zero-order valence-corrected chi connectivity index (χ0v) is 30.0. The van der Waals surface area contributed by atoms with Crippen LogP contribution in [0.1, 0.15) is 41.5 Å². The van der Waals surface area contributed by atoms with Crippen LogP contribution in [0.3, 0.4) is 0 Å². The van der Waals surface area contributed by atoms with Gasteiger partial charge in [-0.1, -0.05) is 53.2 Å². The Kier molecular flexibility index (Phi) is 11.9. The van der Waals surface area contributed by atoms with Gasteiger partial charge in [0.25, 0.3) is 5.91 Å². The van der Waals surface area contributed by atoms with E-state index in [0.29, 0.717) is 17.9 Å². The van der Waals surface area contributed by atoms with Gasteiger partial charge in [-0.3, -0.25) is 4.79 Å². The third-order valence-corrected chi connectivity index (χ3v) is 10.0. The summed E-state index contributed by atoms with van der Waals surface area (Å²) in [6, 6.07) is 26.1. The van der Waals surface area contributed by atoms with Crippen LogP contribution < -0.4 is 29.0 Å². The van der Waals surface area contributed by atoms with Crippen molar-refractivity contribution in [1.82, 2.24) is 10.2 Å². The summed E-state index contributed by atoms with van der Waals surface area (Å²) in [6.07, 6.45) is 3.16. The third kappa shape index (κ3) is 9.06. The van der Waals surface area contributed by atoms with E-state index in [1.54, 1.807) is 33.5 Å². The van der Waals surface area contributed by atoms with Gasteiger partial charge >= 0.3 is 0 Å². The zero-order chi connectivity index (χ0) is 35.6. The molecule has 7 rings (SSSR count). The van der Waals surface area contributed by atoms with Gasteiger partial charge in [0.1, 0.15) is 37.1 Å².